The van der Waals surface area contributed by atoms with Crippen molar-refractivity contribution < 1.29 is 4.79 Å². The van der Waals surface area contributed by atoms with Crippen molar-refractivity contribution in [3.05, 3.63) is 4.91 Å². The topological polar surface area (TPSA) is 17.1 Å². The van der Waals surface area contributed by atoms with Crippen molar-refractivity contribution in [3.63, 3.8) is 0 Å². The maximum absolute atomic E-state index is 9.77. The van der Waals surface area contributed by atoms with E-state index in [0.29, 0.717) is 4.91 Å². The van der Waals surface area contributed by atoms with Gasteiger partial charge in [0.15, 0.2) is 0 Å². The van der Waals surface area contributed by atoms with Crippen molar-refractivity contribution >= 4 is 18.6 Å². The van der Waals surface area contributed by atoms with Crippen LogP contribution in [0.15, 0.2) is 4.91 Å². The van der Waals surface area contributed by atoms with Crippen LogP contribution in [0, 0.1) is 0 Å². The SMILES string of the molecule is CCCCC(S)=C=O. The molecule has 0 amide bonds. The summed E-state index contributed by atoms with van der Waals surface area (Å²) in [4.78, 5) is 10.3. The Morgan fingerprint density at radius 2 is 2.38 bits per heavy atom. The number of hydrogen-bond donors (Lipinski definition) is 1. The normalized spacial score (nSPS) is 8.25. The lowest BCUT2D eigenvalue weighted by Gasteiger charge is -1.88. The number of allylic oxidation sites excluding steroid dienone is 1. The number of unbranched alkanes of at least 4 members (excludes halogenated alkanes) is 1. The van der Waals surface area contributed by atoms with E-state index in [1.807, 2.05) is 0 Å². The summed E-state index contributed by atoms with van der Waals surface area (Å²) in [5.41, 5.74) is 0. The molecule has 0 bridgehead atoms. The van der Waals surface area contributed by atoms with E-state index in [-0.39, 0.29) is 0 Å². The van der Waals surface area contributed by atoms with E-state index in [0.717, 1.165) is 19.3 Å². The van der Waals surface area contributed by atoms with Gasteiger partial charge in [0.05, 0.1) is 4.91 Å². The fraction of sp³-hybridized carbons (Fsp3) is 0.667. The van der Waals surface area contributed by atoms with Crippen LogP contribution in [0.4, 0.5) is 0 Å². The molecule has 0 aromatic rings. The van der Waals surface area contributed by atoms with Crippen molar-refractivity contribution in [2.75, 3.05) is 0 Å². The molecule has 0 spiro atoms. The molecular weight excluding hydrogens is 120 g/mol. The highest BCUT2D eigenvalue weighted by molar-refractivity contribution is 7.84. The molecule has 0 atom stereocenters. The van der Waals surface area contributed by atoms with Gasteiger partial charge in [0, 0.05) is 0 Å². The zero-order chi connectivity index (χ0) is 6.41. The van der Waals surface area contributed by atoms with E-state index in [2.05, 4.69) is 19.6 Å². The van der Waals surface area contributed by atoms with Crippen molar-refractivity contribution in [1.29, 1.82) is 0 Å². The summed E-state index contributed by atoms with van der Waals surface area (Å²) in [7, 11) is 0. The lowest BCUT2D eigenvalue weighted by Crippen LogP contribution is -1.73. The van der Waals surface area contributed by atoms with Crippen LogP contribution >= 0.6 is 12.6 Å². The van der Waals surface area contributed by atoms with Crippen LogP contribution in [-0.4, -0.2) is 5.94 Å². The Morgan fingerprint density at radius 1 is 1.75 bits per heavy atom. The summed E-state index contributed by atoms with van der Waals surface area (Å²) in [6.45, 7) is 2.08. The lowest BCUT2D eigenvalue weighted by molar-refractivity contribution is 0.567. The highest BCUT2D eigenvalue weighted by Gasteiger charge is 1.87. The molecule has 0 aromatic carbocycles. The summed E-state index contributed by atoms with van der Waals surface area (Å²) >= 11 is 3.86. The number of thiol groups is 1. The van der Waals surface area contributed by atoms with Crippen LogP contribution in [0.25, 0.3) is 0 Å². The smallest absolute Gasteiger partial charge is 0.134 e. The van der Waals surface area contributed by atoms with Gasteiger partial charge in [0.1, 0.15) is 5.94 Å². The molecule has 0 rings (SSSR count). The minimum Gasteiger partial charge on any atom is -0.233 e. The Bertz CT molecular complexity index is 103. The predicted octanol–water partition coefficient (Wildman–Crippen LogP) is 1.82. The van der Waals surface area contributed by atoms with Gasteiger partial charge >= 0.3 is 0 Å². The molecule has 46 valence electrons. The Labute approximate surface area is 55.2 Å². The fourth-order valence-electron chi connectivity index (χ4n) is 0.395. The van der Waals surface area contributed by atoms with Gasteiger partial charge in [-0.15, -0.1) is 12.6 Å². The molecule has 0 radical (unpaired) electrons. The zero-order valence-corrected chi connectivity index (χ0v) is 5.87. The van der Waals surface area contributed by atoms with Crippen molar-refractivity contribution in [3.8, 4) is 0 Å². The molecule has 0 heterocycles. The van der Waals surface area contributed by atoms with Crippen molar-refractivity contribution in [1.82, 2.24) is 0 Å². The van der Waals surface area contributed by atoms with Crippen LogP contribution < -0.4 is 0 Å². The summed E-state index contributed by atoms with van der Waals surface area (Å²) < 4.78 is 0. The number of carbonyl (C=O) groups excluding carboxylic acids is 1. The molecule has 0 unspecified atom stereocenters. The maximum Gasteiger partial charge on any atom is 0.134 e. The van der Waals surface area contributed by atoms with E-state index >= 15 is 0 Å². The molecule has 0 saturated heterocycles. The fourth-order valence-corrected chi connectivity index (χ4v) is 0.553. The summed E-state index contributed by atoms with van der Waals surface area (Å²) in [6, 6.07) is 0. The van der Waals surface area contributed by atoms with E-state index in [9.17, 15) is 4.79 Å². The van der Waals surface area contributed by atoms with Gasteiger partial charge in [0.2, 0.25) is 0 Å². The third-order valence-corrected chi connectivity index (χ3v) is 1.20. The second-order valence-electron chi connectivity index (χ2n) is 1.65. The first-order chi connectivity index (χ1) is 3.81. The molecular formula is C6H10OS. The summed E-state index contributed by atoms with van der Waals surface area (Å²) in [6.07, 6.45) is 2.92. The standard InChI is InChI=1S/C6H10OS/c1-2-3-4-6(8)5-7/h8H,2-4H2,1H3. The number of rotatable bonds is 3. The van der Waals surface area contributed by atoms with E-state index in [4.69, 9.17) is 0 Å². The molecule has 0 fully saturated rings. The van der Waals surface area contributed by atoms with Gasteiger partial charge in [-0.05, 0) is 12.8 Å². The minimum atomic E-state index is 0.534. The predicted molar refractivity (Wildman–Crippen MR) is 37.7 cm³/mol. The van der Waals surface area contributed by atoms with Gasteiger partial charge < -0.3 is 0 Å². The van der Waals surface area contributed by atoms with E-state index in [1.165, 1.54) is 0 Å². The van der Waals surface area contributed by atoms with Crippen LogP contribution in [-0.2, 0) is 4.79 Å². The second kappa shape index (κ2) is 4.95. The highest BCUT2D eigenvalue weighted by atomic mass is 32.1. The highest BCUT2D eigenvalue weighted by Crippen LogP contribution is 2.05. The Morgan fingerprint density at radius 3 is 2.75 bits per heavy atom. The summed E-state index contributed by atoms with van der Waals surface area (Å²) in [5.74, 6) is 1.73. The molecule has 0 saturated carbocycles. The molecule has 0 aliphatic rings. The first-order valence-corrected chi connectivity index (χ1v) is 3.19. The monoisotopic (exact) mass is 130 g/mol. The number of hydrogen-bond acceptors (Lipinski definition) is 2. The molecule has 0 aliphatic heterocycles. The van der Waals surface area contributed by atoms with Gasteiger partial charge in [-0.25, -0.2) is 4.79 Å². The first kappa shape index (κ1) is 7.80. The molecule has 0 N–H and O–H groups in total. The average Bonchev–Trinajstić information content (AvgIpc) is 1.83. The van der Waals surface area contributed by atoms with Crippen molar-refractivity contribution in [2.45, 2.75) is 26.2 Å². The zero-order valence-electron chi connectivity index (χ0n) is 4.98. The van der Waals surface area contributed by atoms with Gasteiger partial charge in [-0.3, -0.25) is 0 Å². The first-order valence-electron chi connectivity index (χ1n) is 2.74. The van der Waals surface area contributed by atoms with Gasteiger partial charge in [-0.1, -0.05) is 13.3 Å². The van der Waals surface area contributed by atoms with Crippen LogP contribution in [0.5, 0.6) is 0 Å². The van der Waals surface area contributed by atoms with E-state index < -0.39 is 0 Å². The Kier molecular flexibility index (Phi) is 4.82. The molecule has 0 aliphatic carbocycles. The maximum atomic E-state index is 9.77. The minimum absolute atomic E-state index is 0.534. The van der Waals surface area contributed by atoms with Crippen LogP contribution in [0.3, 0.4) is 0 Å². The van der Waals surface area contributed by atoms with Gasteiger partial charge in [-0.2, -0.15) is 0 Å². The Balaban J connectivity index is 3.26. The van der Waals surface area contributed by atoms with E-state index in [1.54, 1.807) is 5.94 Å². The third-order valence-electron chi connectivity index (χ3n) is 0.885. The average molecular weight is 130 g/mol. The third kappa shape index (κ3) is 3.97. The van der Waals surface area contributed by atoms with Crippen molar-refractivity contribution in [2.24, 2.45) is 0 Å². The second-order valence-corrected chi connectivity index (χ2v) is 2.19. The summed E-state index contributed by atoms with van der Waals surface area (Å²) in [5, 5.41) is 0. The molecule has 0 aromatic heterocycles. The largest absolute Gasteiger partial charge is 0.233 e. The lowest BCUT2D eigenvalue weighted by atomic mass is 10.2. The molecule has 2 heteroatoms. The van der Waals surface area contributed by atoms with Crippen LogP contribution in [0.1, 0.15) is 26.2 Å². The Hall–Kier alpha value is -0.200. The quantitative estimate of drug-likeness (QED) is 0.455. The van der Waals surface area contributed by atoms with Crippen LogP contribution in [0.2, 0.25) is 0 Å². The van der Waals surface area contributed by atoms with Gasteiger partial charge in [0.25, 0.3) is 0 Å². The molecule has 1 nitrogen and oxygen atoms in total. The molecule has 8 heavy (non-hydrogen) atoms.